The quantitative estimate of drug-likeness (QED) is 0.902. The van der Waals surface area contributed by atoms with Crippen LogP contribution in [0.3, 0.4) is 0 Å². The first-order chi connectivity index (χ1) is 8.85. The Balaban J connectivity index is 2.19. The average Bonchev–Trinajstić information content (AvgIpc) is 2.74. The molecular weight excluding hydrogens is 260 g/mol. The van der Waals surface area contributed by atoms with Gasteiger partial charge in [0.05, 0.1) is 12.1 Å². The highest BCUT2D eigenvalue weighted by Crippen LogP contribution is 2.20. The lowest BCUT2D eigenvalue weighted by atomic mass is 10.1. The third-order valence-corrected chi connectivity index (χ3v) is 3.48. The molecule has 6 heteroatoms. The molecule has 0 spiro atoms. The molecule has 5 nitrogen and oxygen atoms in total. The Kier molecular flexibility index (Phi) is 3.82. The Hall–Kier alpha value is -1.53. The van der Waals surface area contributed by atoms with Gasteiger partial charge in [-0.2, -0.15) is 0 Å². The lowest BCUT2D eigenvalue weighted by Gasteiger charge is -2.19. The maximum Gasteiger partial charge on any atom is 0.192 e. The number of hydrogen-bond donors (Lipinski definition) is 2. The number of aromatic nitrogens is 3. The number of nitrogens with one attached hydrogen (secondary N) is 2. The summed E-state index contributed by atoms with van der Waals surface area (Å²) in [7, 11) is 0. The van der Waals surface area contributed by atoms with Gasteiger partial charge in [0.1, 0.15) is 5.01 Å². The van der Waals surface area contributed by atoms with Gasteiger partial charge in [0.25, 0.3) is 0 Å². The summed E-state index contributed by atoms with van der Waals surface area (Å²) in [6.07, 6.45) is 1.69. The summed E-state index contributed by atoms with van der Waals surface area (Å²) in [4.78, 5) is 14.9. The fourth-order valence-corrected chi connectivity index (χ4v) is 2.32. The number of nitrogens with zero attached hydrogens (tertiary/aromatic N) is 2. The molecule has 0 aliphatic heterocycles. The molecule has 0 saturated heterocycles. The van der Waals surface area contributed by atoms with E-state index < -0.39 is 0 Å². The van der Waals surface area contributed by atoms with Crippen molar-refractivity contribution in [2.24, 2.45) is 0 Å². The average molecular weight is 278 g/mol. The van der Waals surface area contributed by atoms with E-state index in [4.69, 9.17) is 0 Å². The zero-order valence-corrected chi connectivity index (χ0v) is 12.4. The molecule has 0 unspecified atom stereocenters. The van der Waals surface area contributed by atoms with Crippen LogP contribution in [0.1, 0.15) is 31.5 Å². The van der Waals surface area contributed by atoms with Gasteiger partial charge in [0, 0.05) is 23.5 Å². The van der Waals surface area contributed by atoms with E-state index in [9.17, 15) is 4.79 Å². The Morgan fingerprint density at radius 2 is 2.11 bits per heavy atom. The van der Waals surface area contributed by atoms with Crippen molar-refractivity contribution in [2.45, 2.75) is 39.8 Å². The standard InChI is InChI=1S/C13H18N4OS/c1-8-5-10(18)9(6-14-8)12-17-16-11(19-12)7-15-13(2,3)4/h5-6,15H,7H2,1-4H3,(H,14,18). The number of aromatic amines is 1. The predicted molar refractivity (Wildman–Crippen MR) is 77.3 cm³/mol. The summed E-state index contributed by atoms with van der Waals surface area (Å²) >= 11 is 1.44. The molecule has 2 aromatic heterocycles. The van der Waals surface area contributed by atoms with Gasteiger partial charge in [0.15, 0.2) is 10.4 Å². The van der Waals surface area contributed by atoms with Crippen LogP contribution in [0.15, 0.2) is 17.1 Å². The van der Waals surface area contributed by atoms with E-state index in [1.54, 1.807) is 12.3 Å². The monoisotopic (exact) mass is 278 g/mol. The molecule has 0 atom stereocenters. The van der Waals surface area contributed by atoms with Crippen LogP contribution < -0.4 is 10.7 Å². The molecule has 0 bridgehead atoms. The van der Waals surface area contributed by atoms with Crippen molar-refractivity contribution in [3.63, 3.8) is 0 Å². The number of hydrogen-bond acceptors (Lipinski definition) is 5. The van der Waals surface area contributed by atoms with Crippen LogP contribution >= 0.6 is 11.3 Å². The second kappa shape index (κ2) is 5.22. The van der Waals surface area contributed by atoms with Crippen LogP contribution in [-0.2, 0) is 6.54 Å². The minimum atomic E-state index is -0.0252. The van der Waals surface area contributed by atoms with E-state index in [0.717, 1.165) is 10.7 Å². The fourth-order valence-electron chi connectivity index (χ4n) is 1.51. The van der Waals surface area contributed by atoms with E-state index >= 15 is 0 Å². The van der Waals surface area contributed by atoms with Crippen LogP contribution in [-0.4, -0.2) is 20.7 Å². The fraction of sp³-hybridized carbons (Fsp3) is 0.462. The molecule has 0 aromatic carbocycles. The first-order valence-corrected chi connectivity index (χ1v) is 6.94. The molecule has 19 heavy (non-hydrogen) atoms. The highest BCUT2D eigenvalue weighted by atomic mass is 32.1. The number of aryl methyl sites for hydroxylation is 1. The molecule has 2 aromatic rings. The number of H-pyrrole nitrogens is 1. The molecule has 0 aliphatic rings. The van der Waals surface area contributed by atoms with Gasteiger partial charge in [0.2, 0.25) is 0 Å². The summed E-state index contributed by atoms with van der Waals surface area (Å²) in [5.41, 5.74) is 1.42. The Labute approximate surface area is 116 Å². The molecule has 0 fully saturated rings. The Morgan fingerprint density at radius 1 is 1.37 bits per heavy atom. The number of pyridine rings is 1. The predicted octanol–water partition coefficient (Wildman–Crippen LogP) is 2.09. The van der Waals surface area contributed by atoms with Crippen molar-refractivity contribution in [1.82, 2.24) is 20.5 Å². The minimum Gasteiger partial charge on any atom is -0.364 e. The van der Waals surface area contributed by atoms with Gasteiger partial charge in [-0.1, -0.05) is 11.3 Å². The van der Waals surface area contributed by atoms with Crippen LogP contribution in [0.25, 0.3) is 10.6 Å². The van der Waals surface area contributed by atoms with Gasteiger partial charge in [-0.3, -0.25) is 4.79 Å². The van der Waals surface area contributed by atoms with Crippen LogP contribution in [0.4, 0.5) is 0 Å². The zero-order valence-electron chi connectivity index (χ0n) is 11.6. The highest BCUT2D eigenvalue weighted by Gasteiger charge is 2.13. The molecule has 102 valence electrons. The van der Waals surface area contributed by atoms with Crippen LogP contribution in [0.2, 0.25) is 0 Å². The van der Waals surface area contributed by atoms with Crippen molar-refractivity contribution in [3.8, 4) is 10.6 Å². The van der Waals surface area contributed by atoms with E-state index in [2.05, 4.69) is 41.3 Å². The smallest absolute Gasteiger partial charge is 0.192 e. The summed E-state index contributed by atoms with van der Waals surface area (Å²) in [5.74, 6) is 0. The summed E-state index contributed by atoms with van der Waals surface area (Å²) in [5, 5.41) is 13.1. The summed E-state index contributed by atoms with van der Waals surface area (Å²) in [6.45, 7) is 8.80. The molecule has 2 N–H and O–H groups in total. The summed E-state index contributed by atoms with van der Waals surface area (Å²) < 4.78 is 0. The van der Waals surface area contributed by atoms with Crippen LogP contribution in [0.5, 0.6) is 0 Å². The minimum absolute atomic E-state index is 0.0252. The normalized spacial score (nSPS) is 11.8. The molecular formula is C13H18N4OS. The molecule has 2 heterocycles. The van der Waals surface area contributed by atoms with Gasteiger partial charge in [-0.25, -0.2) is 0 Å². The van der Waals surface area contributed by atoms with Gasteiger partial charge in [-0.15, -0.1) is 10.2 Å². The third-order valence-electron chi connectivity index (χ3n) is 2.52. The van der Waals surface area contributed by atoms with E-state index in [1.807, 2.05) is 6.92 Å². The molecule has 0 aliphatic carbocycles. The van der Waals surface area contributed by atoms with Crippen molar-refractivity contribution >= 4 is 11.3 Å². The maximum absolute atomic E-state index is 11.9. The molecule has 0 radical (unpaired) electrons. The first-order valence-electron chi connectivity index (χ1n) is 6.12. The Morgan fingerprint density at radius 3 is 2.74 bits per heavy atom. The van der Waals surface area contributed by atoms with E-state index in [0.29, 0.717) is 17.1 Å². The van der Waals surface area contributed by atoms with Crippen molar-refractivity contribution in [1.29, 1.82) is 0 Å². The zero-order chi connectivity index (χ0) is 14.0. The van der Waals surface area contributed by atoms with Crippen LogP contribution in [0, 0.1) is 6.92 Å². The van der Waals surface area contributed by atoms with Gasteiger partial charge < -0.3 is 10.3 Å². The van der Waals surface area contributed by atoms with Crippen molar-refractivity contribution in [3.05, 3.63) is 33.2 Å². The van der Waals surface area contributed by atoms with Crippen molar-refractivity contribution < 1.29 is 0 Å². The largest absolute Gasteiger partial charge is 0.364 e. The SMILES string of the molecule is Cc1cc(=O)c(-c2nnc(CNC(C)(C)C)s2)c[nH]1. The maximum atomic E-state index is 11.9. The molecule has 2 rings (SSSR count). The highest BCUT2D eigenvalue weighted by molar-refractivity contribution is 7.14. The van der Waals surface area contributed by atoms with E-state index in [-0.39, 0.29) is 11.0 Å². The molecule has 0 saturated carbocycles. The first kappa shape index (κ1) is 13.9. The van der Waals surface area contributed by atoms with Crippen molar-refractivity contribution in [2.75, 3.05) is 0 Å². The van der Waals surface area contributed by atoms with Gasteiger partial charge >= 0.3 is 0 Å². The second-order valence-corrected chi connectivity index (χ2v) is 6.56. The Bertz CT molecular complexity index is 624. The summed E-state index contributed by atoms with van der Waals surface area (Å²) in [6, 6.07) is 1.57. The second-order valence-electron chi connectivity index (χ2n) is 5.50. The topological polar surface area (TPSA) is 70.7 Å². The third kappa shape index (κ3) is 3.71. The lowest BCUT2D eigenvalue weighted by molar-refractivity contribution is 0.423. The number of rotatable bonds is 3. The van der Waals surface area contributed by atoms with E-state index in [1.165, 1.54) is 11.3 Å². The van der Waals surface area contributed by atoms with Gasteiger partial charge in [-0.05, 0) is 27.7 Å². The molecule has 0 amide bonds. The lowest BCUT2D eigenvalue weighted by Crippen LogP contribution is -2.35.